The van der Waals surface area contributed by atoms with Crippen LogP contribution in [0.5, 0.6) is 5.75 Å². The number of carbonyl (C=O) groups is 1. The molecule has 5 heteroatoms. The first-order chi connectivity index (χ1) is 9.02. The predicted molar refractivity (Wildman–Crippen MR) is 73.0 cm³/mol. The first-order valence-corrected chi connectivity index (χ1v) is 6.19. The van der Waals surface area contributed by atoms with E-state index in [0.717, 1.165) is 0 Å². The van der Waals surface area contributed by atoms with E-state index in [4.69, 9.17) is 4.74 Å². The maximum Gasteiger partial charge on any atom is 0.336 e. The minimum Gasteiger partial charge on any atom is -0.496 e. The first kappa shape index (κ1) is 13.5. The van der Waals surface area contributed by atoms with Crippen LogP contribution in [0.3, 0.4) is 0 Å². The number of hydrogen-bond donors (Lipinski definition) is 1. The van der Waals surface area contributed by atoms with Crippen LogP contribution in [0.25, 0.3) is 11.1 Å². The van der Waals surface area contributed by atoms with E-state index in [1.165, 1.54) is 31.4 Å². The molecule has 0 saturated heterocycles. The fraction of sp³-hybridized carbons (Fsp3) is 0.0714. The van der Waals surface area contributed by atoms with Gasteiger partial charge in [0.1, 0.15) is 11.6 Å². The molecule has 0 heterocycles. The van der Waals surface area contributed by atoms with Gasteiger partial charge >= 0.3 is 5.97 Å². The Hall–Kier alpha value is -1.88. The van der Waals surface area contributed by atoms with Crippen molar-refractivity contribution in [3.8, 4) is 16.9 Å². The number of carboxylic acids is 1. The molecular formula is C14H10BrFO3. The lowest BCUT2D eigenvalue weighted by atomic mass is 9.99. The van der Waals surface area contributed by atoms with Gasteiger partial charge in [-0.15, -0.1) is 0 Å². The molecule has 0 radical (unpaired) electrons. The molecule has 0 aromatic heterocycles. The molecule has 0 atom stereocenters. The zero-order chi connectivity index (χ0) is 14.0. The molecule has 0 unspecified atom stereocenters. The van der Waals surface area contributed by atoms with Crippen molar-refractivity contribution in [1.82, 2.24) is 0 Å². The smallest absolute Gasteiger partial charge is 0.336 e. The summed E-state index contributed by atoms with van der Waals surface area (Å²) in [5.74, 6) is -1.11. The zero-order valence-electron chi connectivity index (χ0n) is 9.98. The Balaban J connectivity index is 2.71. The summed E-state index contributed by atoms with van der Waals surface area (Å²) in [5.41, 5.74) is 0.901. The van der Waals surface area contributed by atoms with Gasteiger partial charge in [-0.2, -0.15) is 0 Å². The van der Waals surface area contributed by atoms with Gasteiger partial charge in [0, 0.05) is 15.6 Å². The van der Waals surface area contributed by atoms with Crippen molar-refractivity contribution in [3.63, 3.8) is 0 Å². The highest BCUT2D eigenvalue weighted by molar-refractivity contribution is 9.10. The van der Waals surface area contributed by atoms with Crippen molar-refractivity contribution < 1.29 is 19.0 Å². The van der Waals surface area contributed by atoms with Crippen LogP contribution in [0.15, 0.2) is 40.9 Å². The van der Waals surface area contributed by atoms with Crippen LogP contribution in [-0.2, 0) is 0 Å². The number of benzene rings is 2. The summed E-state index contributed by atoms with van der Waals surface area (Å²) in [7, 11) is 1.45. The summed E-state index contributed by atoms with van der Waals surface area (Å²) >= 11 is 3.22. The molecule has 1 N–H and O–H groups in total. The van der Waals surface area contributed by atoms with E-state index in [0.29, 0.717) is 21.3 Å². The van der Waals surface area contributed by atoms with Gasteiger partial charge in [0.25, 0.3) is 0 Å². The van der Waals surface area contributed by atoms with Gasteiger partial charge in [-0.05, 0) is 30.3 Å². The summed E-state index contributed by atoms with van der Waals surface area (Å²) in [6.45, 7) is 0. The fourth-order valence-electron chi connectivity index (χ4n) is 1.82. The van der Waals surface area contributed by atoms with Gasteiger partial charge in [-0.1, -0.05) is 22.0 Å². The highest BCUT2D eigenvalue weighted by atomic mass is 79.9. The monoisotopic (exact) mass is 324 g/mol. The summed E-state index contributed by atoms with van der Waals surface area (Å²) in [5, 5.41) is 9.23. The Kier molecular flexibility index (Phi) is 3.85. The van der Waals surface area contributed by atoms with Crippen LogP contribution in [-0.4, -0.2) is 18.2 Å². The summed E-state index contributed by atoms with van der Waals surface area (Å²) in [6, 6.07) is 8.79. The number of carboxylic acid groups (broad SMARTS) is 1. The van der Waals surface area contributed by atoms with E-state index in [-0.39, 0.29) is 5.56 Å². The fourth-order valence-corrected chi connectivity index (χ4v) is 2.18. The minimum atomic E-state index is -1.08. The molecule has 0 aliphatic rings. The third-order valence-corrected chi connectivity index (χ3v) is 3.16. The number of methoxy groups -OCH3 is 1. The van der Waals surface area contributed by atoms with E-state index >= 15 is 0 Å². The summed E-state index contributed by atoms with van der Waals surface area (Å²) in [4.78, 5) is 11.3. The number of ether oxygens (including phenoxy) is 1. The molecule has 2 aromatic carbocycles. The Morgan fingerprint density at radius 3 is 2.58 bits per heavy atom. The molecule has 2 aromatic rings. The van der Waals surface area contributed by atoms with Crippen molar-refractivity contribution in [1.29, 1.82) is 0 Å². The van der Waals surface area contributed by atoms with Gasteiger partial charge in [-0.25, -0.2) is 9.18 Å². The van der Waals surface area contributed by atoms with Crippen LogP contribution < -0.4 is 4.74 Å². The Bertz CT molecular complexity index is 641. The largest absolute Gasteiger partial charge is 0.496 e. The Morgan fingerprint density at radius 2 is 1.95 bits per heavy atom. The van der Waals surface area contributed by atoms with E-state index in [1.807, 2.05) is 0 Å². The van der Waals surface area contributed by atoms with Crippen LogP contribution in [0.1, 0.15) is 10.4 Å². The zero-order valence-corrected chi connectivity index (χ0v) is 11.6. The van der Waals surface area contributed by atoms with Crippen molar-refractivity contribution in [3.05, 3.63) is 52.3 Å². The molecule has 0 bridgehead atoms. The van der Waals surface area contributed by atoms with Gasteiger partial charge in [-0.3, -0.25) is 0 Å². The highest BCUT2D eigenvalue weighted by Crippen LogP contribution is 2.34. The average molecular weight is 325 g/mol. The van der Waals surface area contributed by atoms with Gasteiger partial charge in [0.2, 0.25) is 0 Å². The lowest BCUT2D eigenvalue weighted by Crippen LogP contribution is -2.01. The number of hydrogen-bond acceptors (Lipinski definition) is 2. The molecule has 0 aliphatic carbocycles. The lowest BCUT2D eigenvalue weighted by molar-refractivity contribution is 0.0697. The normalized spacial score (nSPS) is 10.3. The second-order valence-corrected chi connectivity index (χ2v) is 4.76. The number of halogens is 2. The maximum absolute atomic E-state index is 13.4. The Morgan fingerprint density at radius 1 is 1.21 bits per heavy atom. The third kappa shape index (κ3) is 2.76. The van der Waals surface area contributed by atoms with Crippen LogP contribution in [0.4, 0.5) is 4.39 Å². The molecule has 0 spiro atoms. The van der Waals surface area contributed by atoms with E-state index in [1.54, 1.807) is 12.1 Å². The Labute approximate surface area is 117 Å². The standard InChI is InChI=1S/C14H10BrFO3/c1-19-13-5-3-9(16)7-11(13)10-4-2-8(15)6-12(10)14(17)18/h2-7H,1H3,(H,17,18). The first-order valence-electron chi connectivity index (χ1n) is 5.39. The molecule has 0 amide bonds. The summed E-state index contributed by atoms with van der Waals surface area (Å²) in [6.07, 6.45) is 0. The molecule has 0 aliphatic heterocycles. The van der Waals surface area contributed by atoms with E-state index in [9.17, 15) is 14.3 Å². The molecule has 3 nitrogen and oxygen atoms in total. The van der Waals surface area contributed by atoms with Crippen LogP contribution in [0, 0.1) is 5.82 Å². The third-order valence-electron chi connectivity index (χ3n) is 2.66. The van der Waals surface area contributed by atoms with Crippen molar-refractivity contribution >= 4 is 21.9 Å². The molecule has 0 saturated carbocycles. The van der Waals surface area contributed by atoms with Crippen molar-refractivity contribution in [2.75, 3.05) is 7.11 Å². The number of aromatic carboxylic acids is 1. The quantitative estimate of drug-likeness (QED) is 0.929. The molecule has 0 fully saturated rings. The molecular weight excluding hydrogens is 315 g/mol. The van der Waals surface area contributed by atoms with E-state index < -0.39 is 11.8 Å². The second kappa shape index (κ2) is 5.40. The molecule has 98 valence electrons. The van der Waals surface area contributed by atoms with Gasteiger partial charge in [0.05, 0.1) is 12.7 Å². The topological polar surface area (TPSA) is 46.5 Å². The second-order valence-electron chi connectivity index (χ2n) is 3.84. The maximum atomic E-state index is 13.4. The van der Waals surface area contributed by atoms with Gasteiger partial charge < -0.3 is 9.84 Å². The SMILES string of the molecule is COc1ccc(F)cc1-c1ccc(Br)cc1C(=O)O. The highest BCUT2D eigenvalue weighted by Gasteiger charge is 2.16. The van der Waals surface area contributed by atoms with Gasteiger partial charge in [0.15, 0.2) is 0 Å². The predicted octanol–water partition coefficient (Wildman–Crippen LogP) is 3.96. The number of rotatable bonds is 3. The van der Waals surface area contributed by atoms with Crippen molar-refractivity contribution in [2.24, 2.45) is 0 Å². The lowest BCUT2D eigenvalue weighted by Gasteiger charge is -2.11. The van der Waals surface area contributed by atoms with Crippen LogP contribution in [0.2, 0.25) is 0 Å². The molecule has 2 rings (SSSR count). The average Bonchev–Trinajstić information content (AvgIpc) is 2.38. The van der Waals surface area contributed by atoms with E-state index in [2.05, 4.69) is 15.9 Å². The minimum absolute atomic E-state index is 0.0817. The van der Waals surface area contributed by atoms with Crippen molar-refractivity contribution in [2.45, 2.75) is 0 Å². The summed E-state index contributed by atoms with van der Waals surface area (Å²) < 4.78 is 19.2. The molecule has 19 heavy (non-hydrogen) atoms. The van der Waals surface area contributed by atoms with Crippen LogP contribution >= 0.6 is 15.9 Å².